The van der Waals surface area contributed by atoms with E-state index in [4.69, 9.17) is 9.26 Å². The number of amides is 1. The minimum Gasteiger partial charge on any atom is -0.444 e. The lowest BCUT2D eigenvalue weighted by Crippen LogP contribution is -2.50. The average Bonchev–Trinajstić information content (AvgIpc) is 3.00. The minimum absolute atomic E-state index is 0. The fraction of sp³-hybridized carbons (Fsp3) is 0.750. The maximum atomic E-state index is 12.1. The molecule has 0 radical (unpaired) electrons. The van der Waals surface area contributed by atoms with Crippen LogP contribution in [-0.4, -0.2) is 42.4 Å². The van der Waals surface area contributed by atoms with Crippen LogP contribution < -0.4 is 16.0 Å². The van der Waals surface area contributed by atoms with Crippen molar-refractivity contribution in [1.29, 1.82) is 0 Å². The molecule has 1 amide bonds. The Bertz CT molecular complexity index is 632. The van der Waals surface area contributed by atoms with E-state index < -0.39 is 11.7 Å². The average molecular weight is 523 g/mol. The number of carbonyl (C=O) groups is 1. The Morgan fingerprint density at radius 1 is 1.21 bits per heavy atom. The number of aliphatic imine (C=N–C) groups is 1. The topological polar surface area (TPSA) is 101 Å². The predicted octanol–water partition coefficient (Wildman–Crippen LogP) is 3.63. The van der Waals surface area contributed by atoms with Crippen molar-refractivity contribution >= 4 is 36.0 Å². The van der Waals surface area contributed by atoms with E-state index in [0.29, 0.717) is 19.0 Å². The van der Waals surface area contributed by atoms with Crippen LogP contribution in [0, 0.1) is 5.92 Å². The molecule has 1 atom stereocenters. The van der Waals surface area contributed by atoms with Gasteiger partial charge in [0.1, 0.15) is 11.4 Å². The van der Waals surface area contributed by atoms with Crippen molar-refractivity contribution in [2.45, 2.75) is 79.5 Å². The third-order valence-corrected chi connectivity index (χ3v) is 4.26. The lowest BCUT2D eigenvalue weighted by atomic mass is 10.0. The summed E-state index contributed by atoms with van der Waals surface area (Å²) in [6, 6.07) is -0.0959. The summed E-state index contributed by atoms with van der Waals surface area (Å²) in [6.07, 6.45) is 1.20. The first-order valence-corrected chi connectivity index (χ1v) is 10.0. The van der Waals surface area contributed by atoms with Gasteiger partial charge in [-0.1, -0.05) is 32.9 Å². The molecule has 168 valence electrons. The van der Waals surface area contributed by atoms with Gasteiger partial charge in [-0.15, -0.1) is 24.0 Å². The van der Waals surface area contributed by atoms with Gasteiger partial charge in [0.15, 0.2) is 5.96 Å². The molecule has 9 heteroatoms. The number of hydrogen-bond acceptors (Lipinski definition) is 5. The van der Waals surface area contributed by atoms with E-state index in [1.165, 1.54) is 0 Å². The minimum atomic E-state index is -0.525. The van der Waals surface area contributed by atoms with Crippen LogP contribution in [0.5, 0.6) is 0 Å². The molecule has 0 aliphatic heterocycles. The van der Waals surface area contributed by atoms with Crippen molar-refractivity contribution in [2.75, 3.05) is 13.6 Å². The highest BCUT2D eigenvalue weighted by molar-refractivity contribution is 14.0. The molecule has 1 aromatic heterocycles. The Hall–Kier alpha value is -1.52. The zero-order valence-corrected chi connectivity index (χ0v) is 21.3. The molecule has 0 bridgehead atoms. The summed E-state index contributed by atoms with van der Waals surface area (Å²) < 4.78 is 10.8. The van der Waals surface area contributed by atoms with Gasteiger partial charge >= 0.3 is 6.09 Å². The van der Waals surface area contributed by atoms with Crippen LogP contribution in [0.25, 0.3) is 0 Å². The first kappa shape index (κ1) is 27.5. The van der Waals surface area contributed by atoms with Gasteiger partial charge < -0.3 is 25.2 Å². The summed E-state index contributed by atoms with van der Waals surface area (Å²) in [6.45, 7) is 14.9. The first-order chi connectivity index (χ1) is 13.1. The van der Waals surface area contributed by atoms with E-state index in [1.54, 1.807) is 7.05 Å². The Balaban J connectivity index is 0.00000784. The van der Waals surface area contributed by atoms with Gasteiger partial charge in [0, 0.05) is 32.1 Å². The molecular weight excluding hydrogens is 485 g/mol. The van der Waals surface area contributed by atoms with Gasteiger partial charge in [-0.05, 0) is 33.1 Å². The Kier molecular flexibility index (Phi) is 12.2. The summed E-state index contributed by atoms with van der Waals surface area (Å²) in [4.78, 5) is 16.4. The number of nitrogens with zero attached hydrogens (tertiary/aromatic N) is 2. The Morgan fingerprint density at radius 2 is 1.86 bits per heavy atom. The smallest absolute Gasteiger partial charge is 0.407 e. The van der Waals surface area contributed by atoms with Crippen molar-refractivity contribution in [3.8, 4) is 0 Å². The van der Waals surface area contributed by atoms with Gasteiger partial charge in [-0.2, -0.15) is 0 Å². The maximum absolute atomic E-state index is 12.1. The summed E-state index contributed by atoms with van der Waals surface area (Å²) in [7, 11) is 1.72. The number of alkyl carbamates (subject to hydrolysis) is 1. The van der Waals surface area contributed by atoms with E-state index in [1.807, 2.05) is 27.7 Å². The lowest BCUT2D eigenvalue weighted by molar-refractivity contribution is 0.0491. The summed E-state index contributed by atoms with van der Waals surface area (Å²) in [5.74, 6) is 1.78. The van der Waals surface area contributed by atoms with Crippen molar-refractivity contribution in [3.63, 3.8) is 0 Å². The Labute approximate surface area is 192 Å². The number of aromatic nitrogens is 1. The molecule has 1 unspecified atom stereocenters. The number of hydrogen-bond donors (Lipinski definition) is 3. The van der Waals surface area contributed by atoms with Crippen LogP contribution in [-0.2, 0) is 24.1 Å². The van der Waals surface area contributed by atoms with Gasteiger partial charge in [0.2, 0.25) is 0 Å². The van der Waals surface area contributed by atoms with Crippen molar-refractivity contribution in [2.24, 2.45) is 10.9 Å². The van der Waals surface area contributed by atoms with E-state index in [0.717, 1.165) is 29.9 Å². The number of ether oxygens (including phenoxy) is 1. The molecule has 0 aromatic carbocycles. The largest absolute Gasteiger partial charge is 0.444 e. The van der Waals surface area contributed by atoms with Crippen LogP contribution in [0.2, 0.25) is 0 Å². The molecule has 1 aromatic rings. The van der Waals surface area contributed by atoms with Crippen molar-refractivity contribution < 1.29 is 14.1 Å². The van der Waals surface area contributed by atoms with E-state index in [-0.39, 0.29) is 35.9 Å². The summed E-state index contributed by atoms with van der Waals surface area (Å²) in [5, 5.41) is 13.6. The van der Waals surface area contributed by atoms with Crippen LogP contribution in [0.4, 0.5) is 4.79 Å². The molecule has 29 heavy (non-hydrogen) atoms. The SMILES string of the molecule is CCc1noc(CC)c1CNC(=NC)NCC(NC(=O)OC(C)(C)C)C(C)C.I. The monoisotopic (exact) mass is 523 g/mol. The summed E-state index contributed by atoms with van der Waals surface area (Å²) in [5.41, 5.74) is 1.52. The van der Waals surface area contributed by atoms with Crippen LogP contribution in [0.15, 0.2) is 9.52 Å². The molecule has 0 spiro atoms. The quantitative estimate of drug-likeness (QED) is 0.273. The third-order valence-electron chi connectivity index (χ3n) is 4.26. The molecule has 0 saturated carbocycles. The molecule has 8 nitrogen and oxygen atoms in total. The van der Waals surface area contributed by atoms with Gasteiger partial charge in [-0.25, -0.2) is 4.79 Å². The second-order valence-electron chi connectivity index (χ2n) is 8.04. The summed E-state index contributed by atoms with van der Waals surface area (Å²) >= 11 is 0. The van der Waals surface area contributed by atoms with Gasteiger partial charge in [0.25, 0.3) is 0 Å². The molecule has 1 rings (SSSR count). The Morgan fingerprint density at radius 3 is 2.34 bits per heavy atom. The molecule has 0 saturated heterocycles. The number of aryl methyl sites for hydroxylation is 2. The molecule has 3 N–H and O–H groups in total. The highest BCUT2D eigenvalue weighted by Gasteiger charge is 2.22. The first-order valence-electron chi connectivity index (χ1n) is 10.0. The van der Waals surface area contributed by atoms with Crippen LogP contribution in [0.1, 0.15) is 65.5 Å². The maximum Gasteiger partial charge on any atom is 0.407 e. The van der Waals surface area contributed by atoms with Gasteiger partial charge in [0.05, 0.1) is 11.7 Å². The fourth-order valence-electron chi connectivity index (χ4n) is 2.65. The van der Waals surface area contributed by atoms with Gasteiger partial charge in [-0.3, -0.25) is 4.99 Å². The van der Waals surface area contributed by atoms with Crippen molar-refractivity contribution in [1.82, 2.24) is 21.1 Å². The molecule has 0 aliphatic carbocycles. The van der Waals surface area contributed by atoms with Crippen LogP contribution in [0.3, 0.4) is 0 Å². The fourth-order valence-corrected chi connectivity index (χ4v) is 2.65. The zero-order chi connectivity index (χ0) is 21.3. The van der Waals surface area contributed by atoms with Crippen LogP contribution >= 0.6 is 24.0 Å². The number of nitrogens with one attached hydrogen (secondary N) is 3. The highest BCUT2D eigenvalue weighted by atomic mass is 127. The molecular formula is C20H38IN5O3. The second-order valence-corrected chi connectivity index (χ2v) is 8.04. The second kappa shape index (κ2) is 12.9. The van der Waals surface area contributed by atoms with E-state index in [9.17, 15) is 4.79 Å². The normalized spacial score (nSPS) is 12.9. The predicted molar refractivity (Wildman–Crippen MR) is 127 cm³/mol. The number of rotatable bonds is 8. The molecule has 1 heterocycles. The van der Waals surface area contributed by atoms with E-state index >= 15 is 0 Å². The van der Waals surface area contributed by atoms with Crippen molar-refractivity contribution in [3.05, 3.63) is 17.0 Å². The third kappa shape index (κ3) is 9.68. The number of halogens is 1. The molecule has 0 aliphatic rings. The lowest BCUT2D eigenvalue weighted by Gasteiger charge is -2.26. The van der Waals surface area contributed by atoms with E-state index in [2.05, 4.69) is 46.9 Å². The highest BCUT2D eigenvalue weighted by Crippen LogP contribution is 2.15. The number of carbonyl (C=O) groups excluding carboxylic acids is 1. The molecule has 0 fully saturated rings. The standard InChI is InChI=1S/C20H37N5O3.HI/c1-9-15-14(17(10-2)28-25-15)11-22-18(21-8)23-12-16(13(3)4)24-19(26)27-20(5,6)7;/h13,16H,9-12H2,1-8H3,(H,24,26)(H2,21,22,23);1H. The number of guanidine groups is 1. The zero-order valence-electron chi connectivity index (χ0n) is 19.0.